The summed E-state index contributed by atoms with van der Waals surface area (Å²) in [6, 6.07) is 13.2. The number of benzene rings is 2. The van der Waals surface area contributed by atoms with Crippen LogP contribution in [-0.4, -0.2) is 34.7 Å². The molecule has 0 fully saturated rings. The first kappa shape index (κ1) is 19.3. The van der Waals surface area contributed by atoms with Gasteiger partial charge >= 0.3 is 0 Å². The van der Waals surface area contributed by atoms with E-state index in [0.29, 0.717) is 28.9 Å². The van der Waals surface area contributed by atoms with Gasteiger partial charge in [-0.3, -0.25) is 4.79 Å². The van der Waals surface area contributed by atoms with E-state index in [0.717, 1.165) is 5.56 Å². The van der Waals surface area contributed by atoms with Crippen molar-refractivity contribution >= 4 is 17.0 Å². The average Bonchev–Trinajstić information content (AvgIpc) is 3.21. The summed E-state index contributed by atoms with van der Waals surface area (Å²) in [5, 5.41) is 7.08. The molecule has 8 nitrogen and oxygen atoms in total. The van der Waals surface area contributed by atoms with Crippen LogP contribution in [0.5, 0.6) is 11.6 Å². The van der Waals surface area contributed by atoms with Gasteiger partial charge in [0.05, 0.1) is 7.11 Å². The minimum absolute atomic E-state index is 0.122. The van der Waals surface area contributed by atoms with E-state index in [9.17, 15) is 9.18 Å². The van der Waals surface area contributed by atoms with Gasteiger partial charge in [0.1, 0.15) is 29.0 Å². The number of halogens is 1. The van der Waals surface area contributed by atoms with Crippen LogP contribution in [0, 0.1) is 5.82 Å². The van der Waals surface area contributed by atoms with Crippen LogP contribution in [0.25, 0.3) is 22.4 Å². The highest BCUT2D eigenvalue weighted by Crippen LogP contribution is 2.32. The fourth-order valence-electron chi connectivity index (χ4n) is 2.87. The zero-order chi connectivity index (χ0) is 20.9. The lowest BCUT2D eigenvalue weighted by Gasteiger charge is -2.08. The topological polar surface area (TPSA) is 99.4 Å². The first-order valence-electron chi connectivity index (χ1n) is 9.03. The molecule has 0 bridgehead atoms. The van der Waals surface area contributed by atoms with Crippen molar-refractivity contribution in [2.75, 3.05) is 13.7 Å². The number of amides is 1. The summed E-state index contributed by atoms with van der Waals surface area (Å²) in [4.78, 5) is 20.3. The van der Waals surface area contributed by atoms with E-state index in [2.05, 4.69) is 20.4 Å². The lowest BCUT2D eigenvalue weighted by molar-refractivity contribution is -0.123. The van der Waals surface area contributed by atoms with Crippen molar-refractivity contribution < 1.29 is 23.2 Å². The molecule has 1 amide bonds. The highest BCUT2D eigenvalue weighted by Gasteiger charge is 2.19. The number of nitrogens with one attached hydrogen (secondary N) is 1. The molecular weight excluding hydrogens is 391 g/mol. The Labute approximate surface area is 170 Å². The quantitative estimate of drug-likeness (QED) is 0.501. The zero-order valence-electron chi connectivity index (χ0n) is 16.0. The minimum Gasteiger partial charge on any atom is -0.497 e. The maximum Gasteiger partial charge on any atom is 0.265 e. The van der Waals surface area contributed by atoms with Crippen LogP contribution in [0.3, 0.4) is 0 Å². The summed E-state index contributed by atoms with van der Waals surface area (Å²) < 4.78 is 29.6. The van der Waals surface area contributed by atoms with E-state index in [1.165, 1.54) is 18.5 Å². The molecule has 4 aromatic rings. The summed E-state index contributed by atoms with van der Waals surface area (Å²) in [6.45, 7) is 0.0459. The highest BCUT2D eigenvalue weighted by molar-refractivity contribution is 5.93. The van der Waals surface area contributed by atoms with Crippen LogP contribution >= 0.6 is 0 Å². The second-order valence-electron chi connectivity index (χ2n) is 6.32. The van der Waals surface area contributed by atoms with E-state index in [4.69, 9.17) is 14.0 Å². The molecule has 30 heavy (non-hydrogen) atoms. The van der Waals surface area contributed by atoms with Gasteiger partial charge < -0.3 is 19.3 Å². The van der Waals surface area contributed by atoms with E-state index >= 15 is 0 Å². The fourth-order valence-corrected chi connectivity index (χ4v) is 2.87. The highest BCUT2D eigenvalue weighted by atomic mass is 19.1. The second-order valence-corrected chi connectivity index (χ2v) is 6.32. The van der Waals surface area contributed by atoms with Gasteiger partial charge in [-0.2, -0.15) is 4.98 Å². The molecule has 2 heterocycles. The molecule has 0 aliphatic heterocycles. The van der Waals surface area contributed by atoms with Gasteiger partial charge in [0.25, 0.3) is 11.6 Å². The average molecular weight is 408 g/mol. The van der Waals surface area contributed by atoms with Gasteiger partial charge in [-0.1, -0.05) is 29.4 Å². The molecule has 0 radical (unpaired) electrons. The molecule has 1 N–H and O–H groups in total. The lowest BCUT2D eigenvalue weighted by Crippen LogP contribution is -2.28. The maximum absolute atomic E-state index is 13.6. The third-order valence-electron chi connectivity index (χ3n) is 4.30. The normalized spacial score (nSPS) is 10.7. The van der Waals surface area contributed by atoms with Crippen LogP contribution in [-0.2, 0) is 11.3 Å². The van der Waals surface area contributed by atoms with Crippen molar-refractivity contribution in [1.82, 2.24) is 20.4 Å². The molecule has 0 saturated heterocycles. The van der Waals surface area contributed by atoms with Crippen LogP contribution in [0.4, 0.5) is 4.39 Å². The Bertz CT molecular complexity index is 1190. The maximum atomic E-state index is 13.6. The second kappa shape index (κ2) is 8.56. The van der Waals surface area contributed by atoms with Gasteiger partial charge in [0.15, 0.2) is 6.61 Å². The van der Waals surface area contributed by atoms with Crippen LogP contribution in [0.15, 0.2) is 59.4 Å². The molecule has 0 saturated carbocycles. The minimum atomic E-state index is -0.417. The Morgan fingerprint density at radius 2 is 2.03 bits per heavy atom. The number of carbonyl (C=O) groups is 1. The van der Waals surface area contributed by atoms with Gasteiger partial charge in [-0.05, 0) is 29.8 Å². The molecule has 0 unspecified atom stereocenters. The van der Waals surface area contributed by atoms with Crippen molar-refractivity contribution in [1.29, 1.82) is 0 Å². The molecule has 9 heteroatoms. The van der Waals surface area contributed by atoms with Crippen molar-refractivity contribution in [3.05, 3.63) is 66.2 Å². The Morgan fingerprint density at radius 3 is 2.87 bits per heavy atom. The first-order chi connectivity index (χ1) is 14.6. The van der Waals surface area contributed by atoms with Gasteiger partial charge in [-0.25, -0.2) is 9.37 Å². The standard InChI is InChI=1S/C21H17FN4O4/c1-28-16-7-2-4-13(8-16)10-23-17(27)11-29-20-18-19(14-5-3-6-15(22)9-14)26-30-21(18)25-12-24-20/h2-9,12H,10-11H2,1H3,(H,23,27). The number of methoxy groups -OCH3 is 1. The van der Waals surface area contributed by atoms with Gasteiger partial charge in [0.2, 0.25) is 5.88 Å². The SMILES string of the molecule is COc1cccc(CNC(=O)COc2ncnc3onc(-c4cccc(F)c4)c23)c1. The number of rotatable bonds is 7. The van der Waals surface area contributed by atoms with Crippen molar-refractivity contribution in [3.63, 3.8) is 0 Å². The molecule has 152 valence electrons. The third-order valence-corrected chi connectivity index (χ3v) is 4.30. The summed E-state index contributed by atoms with van der Waals surface area (Å²) >= 11 is 0. The van der Waals surface area contributed by atoms with Gasteiger partial charge in [-0.15, -0.1) is 0 Å². The number of fused-ring (bicyclic) bond motifs is 1. The Kier molecular flexibility index (Phi) is 5.51. The molecule has 0 atom stereocenters. The third kappa shape index (κ3) is 4.19. The van der Waals surface area contributed by atoms with Crippen molar-refractivity contribution in [2.24, 2.45) is 0 Å². The van der Waals surface area contributed by atoms with E-state index in [1.807, 2.05) is 24.3 Å². The first-order valence-corrected chi connectivity index (χ1v) is 9.03. The van der Waals surface area contributed by atoms with E-state index < -0.39 is 5.82 Å². The molecule has 4 rings (SSSR count). The monoisotopic (exact) mass is 408 g/mol. The predicted molar refractivity (Wildman–Crippen MR) is 105 cm³/mol. The number of nitrogens with zero attached hydrogens (tertiary/aromatic N) is 3. The van der Waals surface area contributed by atoms with Crippen LogP contribution in [0.2, 0.25) is 0 Å². The number of aromatic nitrogens is 3. The molecule has 2 aromatic carbocycles. The number of ether oxygens (including phenoxy) is 2. The number of hydrogen-bond donors (Lipinski definition) is 1. The van der Waals surface area contributed by atoms with Crippen molar-refractivity contribution in [2.45, 2.75) is 6.54 Å². The molecular formula is C21H17FN4O4. The zero-order valence-corrected chi connectivity index (χ0v) is 16.0. The van der Waals surface area contributed by atoms with Crippen molar-refractivity contribution in [3.8, 4) is 22.9 Å². The summed E-state index contributed by atoms with van der Waals surface area (Å²) in [7, 11) is 1.58. The van der Waals surface area contributed by atoms with Crippen LogP contribution in [0.1, 0.15) is 5.56 Å². The van der Waals surface area contributed by atoms with E-state index in [-0.39, 0.29) is 24.1 Å². The Balaban J connectivity index is 1.47. The molecule has 0 aliphatic carbocycles. The Hall–Kier alpha value is -4.01. The largest absolute Gasteiger partial charge is 0.497 e. The molecule has 2 aromatic heterocycles. The number of carbonyl (C=O) groups excluding carboxylic acids is 1. The predicted octanol–water partition coefficient (Wildman–Crippen LogP) is 3.13. The summed E-state index contributed by atoms with van der Waals surface area (Å²) in [6.07, 6.45) is 1.24. The summed E-state index contributed by atoms with van der Waals surface area (Å²) in [5.41, 5.74) is 1.88. The summed E-state index contributed by atoms with van der Waals surface area (Å²) in [5.74, 6) is 0.0731. The van der Waals surface area contributed by atoms with Gasteiger partial charge in [0, 0.05) is 12.1 Å². The number of hydrogen-bond acceptors (Lipinski definition) is 7. The smallest absolute Gasteiger partial charge is 0.265 e. The lowest BCUT2D eigenvalue weighted by atomic mass is 10.1. The fraction of sp³-hybridized carbons (Fsp3) is 0.143. The molecule has 0 aliphatic rings. The Morgan fingerprint density at radius 1 is 1.17 bits per heavy atom. The molecule has 0 spiro atoms. The van der Waals surface area contributed by atoms with Crippen LogP contribution < -0.4 is 14.8 Å². The van der Waals surface area contributed by atoms with E-state index in [1.54, 1.807) is 19.2 Å².